The molecule has 1 aromatic heterocycles. The first-order valence-electron chi connectivity index (χ1n) is 13.3. The monoisotopic (exact) mass is 573 g/mol. The molecule has 41 heavy (non-hydrogen) atoms. The van der Waals surface area contributed by atoms with Crippen LogP contribution in [-0.2, 0) is 6.54 Å². The fourth-order valence-corrected chi connectivity index (χ4v) is 4.96. The maximum atomic E-state index is 13.6. The first-order chi connectivity index (χ1) is 19.6. The van der Waals surface area contributed by atoms with Crippen molar-refractivity contribution in [2.75, 3.05) is 50.5 Å². The summed E-state index contributed by atoms with van der Waals surface area (Å²) in [5, 5.41) is 26.0. The van der Waals surface area contributed by atoms with Crippen LogP contribution < -0.4 is 21.1 Å². The third-order valence-corrected chi connectivity index (χ3v) is 6.98. The number of amides is 1. The highest BCUT2D eigenvalue weighted by Crippen LogP contribution is 2.31. The minimum atomic E-state index is -4.44. The van der Waals surface area contributed by atoms with Crippen molar-refractivity contribution in [3.8, 4) is 17.6 Å². The number of aliphatic hydroxyl groups is 2. The van der Waals surface area contributed by atoms with E-state index in [1.165, 1.54) is 17.7 Å². The Morgan fingerprint density at radius 1 is 1.20 bits per heavy atom. The molecule has 6 N–H and O–H groups in total. The first kappa shape index (κ1) is 30.0. The van der Waals surface area contributed by atoms with E-state index in [4.69, 9.17) is 15.6 Å². The van der Waals surface area contributed by atoms with Crippen LogP contribution in [0.2, 0.25) is 0 Å². The van der Waals surface area contributed by atoms with E-state index in [9.17, 15) is 23.1 Å². The van der Waals surface area contributed by atoms with Crippen LogP contribution in [-0.4, -0.2) is 83.8 Å². The Hall–Kier alpha value is -3.92. The van der Waals surface area contributed by atoms with Crippen molar-refractivity contribution < 1.29 is 32.9 Å². The van der Waals surface area contributed by atoms with Crippen molar-refractivity contribution in [1.82, 2.24) is 9.47 Å². The van der Waals surface area contributed by atoms with Crippen LogP contribution in [0, 0.1) is 11.8 Å². The second-order valence-electron chi connectivity index (χ2n) is 9.96. The highest BCUT2D eigenvalue weighted by Gasteiger charge is 2.30. The molecule has 0 spiro atoms. The number of alkyl halides is 3. The number of β-amino-alcohol motifs (C(OH)–C–C–N with tert-alkyl or cyclic N) is 1. The zero-order valence-corrected chi connectivity index (χ0v) is 22.7. The van der Waals surface area contributed by atoms with Gasteiger partial charge in [-0.1, -0.05) is 12.0 Å². The number of rotatable bonds is 10. The van der Waals surface area contributed by atoms with Crippen molar-refractivity contribution >= 4 is 28.2 Å². The number of aliphatic hydroxyl groups excluding tert-OH is 2. The van der Waals surface area contributed by atoms with Gasteiger partial charge in [0.25, 0.3) is 0 Å². The number of benzene rings is 2. The van der Waals surface area contributed by atoms with Crippen LogP contribution in [0.4, 0.5) is 24.5 Å². The number of nitrogens with zero attached hydrogens (tertiary/aromatic N) is 2. The Morgan fingerprint density at radius 3 is 2.61 bits per heavy atom. The second-order valence-corrected chi connectivity index (χ2v) is 9.96. The number of methoxy groups -OCH3 is 1. The molecule has 0 aliphatic carbocycles. The predicted molar refractivity (Wildman–Crippen MR) is 151 cm³/mol. The van der Waals surface area contributed by atoms with Crippen LogP contribution in [0.1, 0.15) is 28.9 Å². The molecule has 9 nitrogen and oxygen atoms in total. The Morgan fingerprint density at radius 2 is 1.95 bits per heavy atom. The highest BCUT2D eigenvalue weighted by atomic mass is 19.4. The minimum Gasteiger partial charge on any atom is -0.495 e. The van der Waals surface area contributed by atoms with E-state index >= 15 is 0 Å². The van der Waals surface area contributed by atoms with Crippen LogP contribution in [0.5, 0.6) is 5.75 Å². The molecule has 4 rings (SSSR count). The zero-order valence-electron chi connectivity index (χ0n) is 22.7. The van der Waals surface area contributed by atoms with Gasteiger partial charge in [-0.25, -0.2) is 0 Å². The fourth-order valence-electron chi connectivity index (χ4n) is 4.96. The summed E-state index contributed by atoms with van der Waals surface area (Å²) in [4.78, 5) is 13.5. The molecule has 1 amide bonds. The molecule has 0 bridgehead atoms. The number of aromatic nitrogens is 1. The van der Waals surface area contributed by atoms with Crippen molar-refractivity contribution in [2.24, 2.45) is 5.73 Å². The quantitative estimate of drug-likeness (QED) is 0.236. The number of likely N-dealkylation sites (tertiary alicyclic amines) is 1. The Kier molecular flexibility index (Phi) is 9.65. The normalized spacial score (nSPS) is 15.3. The van der Waals surface area contributed by atoms with Gasteiger partial charge in [-0.05, 0) is 55.2 Å². The third kappa shape index (κ3) is 7.85. The summed E-state index contributed by atoms with van der Waals surface area (Å²) in [5.74, 6) is 5.57. The number of carbonyl (C=O) groups is 1. The summed E-state index contributed by atoms with van der Waals surface area (Å²) in [5.41, 5.74) is 7.55. The van der Waals surface area contributed by atoms with E-state index in [2.05, 4.69) is 27.4 Å². The standard InChI is InChI=1S/C29H34F3N5O4/c1-41-27-14-19(28(33)40)7-8-25(27)34-11-3-4-21-15-23-24(5-2-6-26(23)37(21)18-29(30,31)32)35-20-9-12-36(13-10-20)16-22(39)17-38/h2,5-8,14-15,20,22,34-35,38-39H,9-13,16-18H2,1H3,(H2,33,40). The molecule has 12 heteroatoms. The lowest BCUT2D eigenvalue weighted by atomic mass is 10.0. The number of nitrogens with two attached hydrogens (primary N) is 1. The number of piperidine rings is 1. The SMILES string of the molecule is COc1cc(C(N)=O)ccc1NCC#Cc1cc2c(NC3CCN(CC(O)CO)CC3)cccc2n1CC(F)(F)F. The summed E-state index contributed by atoms with van der Waals surface area (Å²) in [6, 6.07) is 11.7. The lowest BCUT2D eigenvalue weighted by Crippen LogP contribution is -2.43. The van der Waals surface area contributed by atoms with Gasteiger partial charge in [0.05, 0.1) is 43.3 Å². The number of primary amides is 1. The van der Waals surface area contributed by atoms with Gasteiger partial charge in [0.15, 0.2) is 0 Å². The summed E-state index contributed by atoms with van der Waals surface area (Å²) in [7, 11) is 1.45. The van der Waals surface area contributed by atoms with Gasteiger partial charge < -0.3 is 40.8 Å². The van der Waals surface area contributed by atoms with E-state index in [0.717, 1.165) is 31.6 Å². The van der Waals surface area contributed by atoms with Crippen molar-refractivity contribution in [1.29, 1.82) is 0 Å². The molecule has 1 aliphatic heterocycles. The minimum absolute atomic E-state index is 0.115. The molecule has 0 radical (unpaired) electrons. The lowest BCUT2D eigenvalue weighted by molar-refractivity contribution is -0.140. The Bertz CT molecular complexity index is 1420. The number of nitrogens with one attached hydrogen (secondary N) is 2. The van der Waals surface area contributed by atoms with Crippen LogP contribution in [0.15, 0.2) is 42.5 Å². The van der Waals surface area contributed by atoms with E-state index in [1.54, 1.807) is 30.3 Å². The predicted octanol–water partition coefficient (Wildman–Crippen LogP) is 3.00. The maximum Gasteiger partial charge on any atom is 0.406 e. The molecule has 1 atom stereocenters. The van der Waals surface area contributed by atoms with Gasteiger partial charge in [-0.15, -0.1) is 0 Å². The van der Waals surface area contributed by atoms with E-state index in [1.807, 2.05) is 6.07 Å². The average Bonchev–Trinajstić information content (AvgIpc) is 3.28. The van der Waals surface area contributed by atoms with Crippen molar-refractivity contribution in [2.45, 2.75) is 37.7 Å². The molecule has 220 valence electrons. The number of halogens is 3. The van der Waals surface area contributed by atoms with Crippen molar-refractivity contribution in [3.63, 3.8) is 0 Å². The molecular formula is C29H34F3N5O4. The van der Waals surface area contributed by atoms with Gasteiger partial charge >= 0.3 is 6.18 Å². The summed E-state index contributed by atoms with van der Waals surface area (Å²) in [6.45, 7) is 0.537. The molecule has 3 aromatic rings. The van der Waals surface area contributed by atoms with Gasteiger partial charge in [0.1, 0.15) is 12.3 Å². The largest absolute Gasteiger partial charge is 0.495 e. The maximum absolute atomic E-state index is 13.6. The van der Waals surface area contributed by atoms with Crippen LogP contribution >= 0.6 is 0 Å². The summed E-state index contributed by atoms with van der Waals surface area (Å²) < 4.78 is 47.1. The number of fused-ring (bicyclic) bond motifs is 1. The zero-order chi connectivity index (χ0) is 29.6. The van der Waals surface area contributed by atoms with Crippen LogP contribution in [0.25, 0.3) is 10.9 Å². The molecular weight excluding hydrogens is 539 g/mol. The number of hydrogen-bond donors (Lipinski definition) is 5. The van der Waals surface area contributed by atoms with Crippen molar-refractivity contribution in [3.05, 3.63) is 53.7 Å². The van der Waals surface area contributed by atoms with Gasteiger partial charge in [0.2, 0.25) is 5.91 Å². The first-order valence-corrected chi connectivity index (χ1v) is 13.3. The number of carbonyl (C=O) groups excluding carboxylic acids is 1. The van der Waals surface area contributed by atoms with Gasteiger partial charge in [0, 0.05) is 42.3 Å². The highest BCUT2D eigenvalue weighted by molar-refractivity contribution is 5.94. The summed E-state index contributed by atoms with van der Waals surface area (Å²) >= 11 is 0. The Labute approximate surface area is 236 Å². The smallest absolute Gasteiger partial charge is 0.406 e. The fraction of sp³-hybridized carbons (Fsp3) is 0.414. The number of anilines is 2. The van der Waals surface area contributed by atoms with E-state index < -0.39 is 24.7 Å². The third-order valence-electron chi connectivity index (χ3n) is 6.98. The Balaban J connectivity index is 1.53. The molecule has 2 aromatic carbocycles. The molecule has 0 saturated carbocycles. The number of ether oxygens (including phenoxy) is 1. The van der Waals surface area contributed by atoms with Gasteiger partial charge in [-0.3, -0.25) is 4.79 Å². The molecule has 1 saturated heterocycles. The second kappa shape index (κ2) is 13.2. The average molecular weight is 574 g/mol. The number of hydrogen-bond acceptors (Lipinski definition) is 7. The topological polar surface area (TPSA) is 125 Å². The molecule has 1 aliphatic rings. The molecule has 1 fully saturated rings. The van der Waals surface area contributed by atoms with Gasteiger partial charge in [-0.2, -0.15) is 13.2 Å². The summed E-state index contributed by atoms with van der Waals surface area (Å²) in [6.07, 6.45) is -3.63. The lowest BCUT2D eigenvalue weighted by Gasteiger charge is -2.33. The molecule has 2 heterocycles. The van der Waals surface area contributed by atoms with E-state index in [0.29, 0.717) is 28.9 Å². The van der Waals surface area contributed by atoms with E-state index in [-0.39, 0.29) is 30.5 Å². The van der Waals surface area contributed by atoms with Crippen LogP contribution in [0.3, 0.4) is 0 Å². The molecule has 1 unspecified atom stereocenters.